The molecule has 134 valence electrons. The maximum Gasteiger partial charge on any atom is 0.325 e. The molecule has 1 unspecified atom stereocenters. The summed E-state index contributed by atoms with van der Waals surface area (Å²) in [4.78, 5) is 26.7. The van der Waals surface area contributed by atoms with Gasteiger partial charge in [0.15, 0.2) is 0 Å². The van der Waals surface area contributed by atoms with Gasteiger partial charge in [0.25, 0.3) is 5.91 Å². The molecular formula is C21H22N2O3. The van der Waals surface area contributed by atoms with Crippen LogP contribution in [0.2, 0.25) is 0 Å². The van der Waals surface area contributed by atoms with Crippen molar-refractivity contribution >= 4 is 18.0 Å². The van der Waals surface area contributed by atoms with Gasteiger partial charge in [0.05, 0.1) is 7.11 Å². The van der Waals surface area contributed by atoms with E-state index in [1.54, 1.807) is 14.0 Å². The highest BCUT2D eigenvalue weighted by molar-refractivity contribution is 6.07. The summed E-state index contributed by atoms with van der Waals surface area (Å²) >= 11 is 0. The van der Waals surface area contributed by atoms with Crippen LogP contribution in [0.1, 0.15) is 23.6 Å². The number of nitrogens with one attached hydrogen (secondary N) is 1. The van der Waals surface area contributed by atoms with Gasteiger partial charge in [-0.3, -0.25) is 9.69 Å². The SMILES string of the molecule is COc1ccc(C)cc1C1(C)NC(=O)N(C/C=C/c2ccccc2)C1=O. The van der Waals surface area contributed by atoms with Gasteiger partial charge in [0, 0.05) is 12.1 Å². The molecule has 2 aromatic carbocycles. The third-order valence-corrected chi connectivity index (χ3v) is 4.57. The smallest absolute Gasteiger partial charge is 0.325 e. The van der Waals surface area contributed by atoms with Gasteiger partial charge in [-0.1, -0.05) is 54.1 Å². The van der Waals surface area contributed by atoms with Crippen LogP contribution in [0.15, 0.2) is 54.6 Å². The highest BCUT2D eigenvalue weighted by Gasteiger charge is 2.49. The number of carbonyl (C=O) groups is 2. The van der Waals surface area contributed by atoms with Crippen molar-refractivity contribution in [2.24, 2.45) is 0 Å². The van der Waals surface area contributed by atoms with Crippen molar-refractivity contribution in [2.45, 2.75) is 19.4 Å². The fourth-order valence-corrected chi connectivity index (χ4v) is 3.12. The zero-order valence-corrected chi connectivity index (χ0v) is 15.2. The molecule has 1 saturated heterocycles. The summed E-state index contributed by atoms with van der Waals surface area (Å²) in [6, 6.07) is 14.9. The number of hydrogen-bond acceptors (Lipinski definition) is 3. The van der Waals surface area contributed by atoms with E-state index in [4.69, 9.17) is 4.74 Å². The summed E-state index contributed by atoms with van der Waals surface area (Å²) in [5, 5.41) is 2.82. The van der Waals surface area contributed by atoms with Crippen molar-refractivity contribution in [1.82, 2.24) is 10.2 Å². The second-order valence-electron chi connectivity index (χ2n) is 6.49. The molecule has 26 heavy (non-hydrogen) atoms. The summed E-state index contributed by atoms with van der Waals surface area (Å²) in [6.07, 6.45) is 3.70. The fraction of sp³-hybridized carbons (Fsp3) is 0.238. The second-order valence-corrected chi connectivity index (χ2v) is 6.49. The normalized spacial score (nSPS) is 19.9. The van der Waals surface area contributed by atoms with Crippen molar-refractivity contribution in [3.05, 3.63) is 71.3 Å². The molecule has 0 spiro atoms. The van der Waals surface area contributed by atoms with Gasteiger partial charge in [-0.15, -0.1) is 0 Å². The number of methoxy groups -OCH3 is 1. The van der Waals surface area contributed by atoms with E-state index in [2.05, 4.69) is 5.32 Å². The van der Waals surface area contributed by atoms with Gasteiger partial charge >= 0.3 is 6.03 Å². The van der Waals surface area contributed by atoms with Crippen LogP contribution >= 0.6 is 0 Å². The zero-order valence-electron chi connectivity index (χ0n) is 15.2. The Bertz CT molecular complexity index is 861. The number of benzene rings is 2. The first-order valence-corrected chi connectivity index (χ1v) is 8.46. The van der Waals surface area contributed by atoms with Crippen LogP contribution in [0, 0.1) is 6.92 Å². The number of nitrogens with zero attached hydrogens (tertiary/aromatic N) is 1. The predicted molar refractivity (Wildman–Crippen MR) is 101 cm³/mol. The summed E-state index contributed by atoms with van der Waals surface area (Å²) in [5.74, 6) is 0.289. The molecule has 2 aromatic rings. The lowest BCUT2D eigenvalue weighted by atomic mass is 9.90. The van der Waals surface area contributed by atoms with Crippen molar-refractivity contribution in [2.75, 3.05) is 13.7 Å². The Morgan fingerprint density at radius 3 is 2.58 bits per heavy atom. The van der Waals surface area contributed by atoms with Gasteiger partial charge in [0.2, 0.25) is 0 Å². The second kappa shape index (κ2) is 7.04. The highest BCUT2D eigenvalue weighted by atomic mass is 16.5. The zero-order chi connectivity index (χ0) is 18.7. The van der Waals surface area contributed by atoms with Gasteiger partial charge in [0.1, 0.15) is 11.3 Å². The van der Waals surface area contributed by atoms with Gasteiger partial charge < -0.3 is 10.1 Å². The van der Waals surface area contributed by atoms with Crippen LogP contribution in [0.3, 0.4) is 0 Å². The van der Waals surface area contributed by atoms with Gasteiger partial charge in [-0.2, -0.15) is 0 Å². The van der Waals surface area contributed by atoms with E-state index in [0.29, 0.717) is 11.3 Å². The molecule has 0 saturated carbocycles. The average molecular weight is 350 g/mol. The lowest BCUT2D eigenvalue weighted by Crippen LogP contribution is -2.41. The molecule has 1 aliphatic heterocycles. The minimum atomic E-state index is -1.14. The molecule has 3 rings (SSSR count). The Labute approximate surface area is 153 Å². The Balaban J connectivity index is 1.84. The highest BCUT2D eigenvalue weighted by Crippen LogP contribution is 2.35. The molecule has 1 heterocycles. The van der Waals surface area contributed by atoms with E-state index in [1.165, 1.54) is 4.90 Å². The van der Waals surface area contributed by atoms with E-state index in [0.717, 1.165) is 11.1 Å². The number of carbonyl (C=O) groups excluding carboxylic acids is 2. The molecule has 1 fully saturated rings. The molecule has 0 radical (unpaired) electrons. The number of imide groups is 1. The third kappa shape index (κ3) is 3.20. The van der Waals surface area contributed by atoms with Crippen molar-refractivity contribution < 1.29 is 14.3 Å². The summed E-state index contributed by atoms with van der Waals surface area (Å²) in [5.41, 5.74) is 1.52. The van der Waals surface area contributed by atoms with Crippen LogP contribution in [0.5, 0.6) is 5.75 Å². The van der Waals surface area contributed by atoms with E-state index in [1.807, 2.05) is 67.6 Å². The maximum atomic E-state index is 13.0. The minimum Gasteiger partial charge on any atom is -0.496 e. The van der Waals surface area contributed by atoms with E-state index in [-0.39, 0.29) is 12.5 Å². The third-order valence-electron chi connectivity index (χ3n) is 4.57. The Morgan fingerprint density at radius 2 is 1.88 bits per heavy atom. The molecule has 1 N–H and O–H groups in total. The molecular weight excluding hydrogens is 328 g/mol. The number of rotatable bonds is 5. The molecule has 3 amide bonds. The van der Waals surface area contributed by atoms with Crippen LogP contribution in [0.25, 0.3) is 6.08 Å². The number of aryl methyl sites for hydroxylation is 1. The summed E-state index contributed by atoms with van der Waals surface area (Å²) in [7, 11) is 1.55. The number of amides is 3. The van der Waals surface area contributed by atoms with E-state index in [9.17, 15) is 9.59 Å². The molecule has 1 atom stereocenters. The number of ether oxygens (including phenoxy) is 1. The lowest BCUT2D eigenvalue weighted by molar-refractivity contribution is -0.130. The van der Waals surface area contributed by atoms with E-state index >= 15 is 0 Å². The Morgan fingerprint density at radius 1 is 1.15 bits per heavy atom. The van der Waals surface area contributed by atoms with Crippen molar-refractivity contribution in [1.29, 1.82) is 0 Å². The van der Waals surface area contributed by atoms with Crippen LogP contribution in [0.4, 0.5) is 4.79 Å². The first-order chi connectivity index (χ1) is 12.5. The van der Waals surface area contributed by atoms with Crippen molar-refractivity contribution in [3.8, 4) is 5.75 Å². The number of urea groups is 1. The largest absolute Gasteiger partial charge is 0.496 e. The molecule has 1 aliphatic rings. The van der Waals surface area contributed by atoms with Crippen LogP contribution in [-0.2, 0) is 10.3 Å². The van der Waals surface area contributed by atoms with Gasteiger partial charge in [-0.25, -0.2) is 4.79 Å². The van der Waals surface area contributed by atoms with Crippen LogP contribution < -0.4 is 10.1 Å². The quantitative estimate of drug-likeness (QED) is 0.840. The first-order valence-electron chi connectivity index (χ1n) is 8.46. The fourth-order valence-electron chi connectivity index (χ4n) is 3.12. The molecule has 5 heteroatoms. The van der Waals surface area contributed by atoms with Gasteiger partial charge in [-0.05, 0) is 31.5 Å². The lowest BCUT2D eigenvalue weighted by Gasteiger charge is -2.24. The number of hydrogen-bond donors (Lipinski definition) is 1. The van der Waals surface area contributed by atoms with Crippen molar-refractivity contribution in [3.63, 3.8) is 0 Å². The monoisotopic (exact) mass is 350 g/mol. The maximum absolute atomic E-state index is 13.0. The standard InChI is InChI=1S/C21H22N2O3/c1-15-11-12-18(26-3)17(14-15)21(2)19(24)23(20(25)22-21)13-7-10-16-8-5-4-6-9-16/h4-12,14H,13H2,1-3H3,(H,22,25)/b10-7+. The summed E-state index contributed by atoms with van der Waals surface area (Å²) < 4.78 is 5.40. The van der Waals surface area contributed by atoms with Crippen LogP contribution in [-0.4, -0.2) is 30.5 Å². The minimum absolute atomic E-state index is 0.212. The Hall–Kier alpha value is -3.08. The molecule has 0 aliphatic carbocycles. The first kappa shape index (κ1) is 17.7. The van der Waals surface area contributed by atoms with E-state index < -0.39 is 11.6 Å². The predicted octanol–water partition coefficient (Wildman–Crippen LogP) is 3.48. The molecule has 5 nitrogen and oxygen atoms in total. The topological polar surface area (TPSA) is 58.6 Å². The summed E-state index contributed by atoms with van der Waals surface area (Å²) in [6.45, 7) is 3.86. The molecule has 0 bridgehead atoms. The molecule has 0 aromatic heterocycles. The Kier molecular flexibility index (Phi) is 4.80. The average Bonchev–Trinajstić information content (AvgIpc) is 2.86.